The van der Waals surface area contributed by atoms with Gasteiger partial charge in [0, 0.05) is 12.0 Å². The second kappa shape index (κ2) is 14.6. The van der Waals surface area contributed by atoms with Crippen molar-refractivity contribution in [2.24, 2.45) is 5.92 Å². The highest BCUT2D eigenvalue weighted by atomic mass is 35.5. The van der Waals surface area contributed by atoms with Crippen LogP contribution < -0.4 is 0 Å². The summed E-state index contributed by atoms with van der Waals surface area (Å²) in [4.78, 5) is 9.96. The molecule has 0 spiro atoms. The molecule has 1 aromatic carbocycles. The molecule has 2 rings (SSSR count). The maximum absolute atomic E-state index is 13.6. The van der Waals surface area contributed by atoms with Crippen molar-refractivity contribution in [2.75, 3.05) is 0 Å². The van der Waals surface area contributed by atoms with Gasteiger partial charge in [0.1, 0.15) is 5.82 Å². The molecular weight excluding hydrogens is 379 g/mol. The Hall–Kier alpha value is -1.39. The number of hydrogen-bond donors (Lipinski definition) is 2. The van der Waals surface area contributed by atoms with Crippen molar-refractivity contribution in [3.8, 4) is 0 Å². The molecule has 1 aliphatic carbocycles. The fourth-order valence-corrected chi connectivity index (χ4v) is 3.55. The van der Waals surface area contributed by atoms with Crippen LogP contribution in [0.15, 0.2) is 24.3 Å². The van der Waals surface area contributed by atoms with Gasteiger partial charge in [-0.1, -0.05) is 87.8 Å². The summed E-state index contributed by atoms with van der Waals surface area (Å²) in [6.07, 6.45) is 14.4. The molecule has 0 amide bonds. The monoisotopic (exact) mass is 412 g/mol. The third kappa shape index (κ3) is 10.8. The van der Waals surface area contributed by atoms with Crippen LogP contribution in [0.4, 0.5) is 4.39 Å². The van der Waals surface area contributed by atoms with Crippen molar-refractivity contribution >= 4 is 23.6 Å². The summed E-state index contributed by atoms with van der Waals surface area (Å²) in [6, 6.07) is 4.88. The Labute approximate surface area is 173 Å². The average molecular weight is 413 g/mol. The molecule has 1 atom stereocenters. The van der Waals surface area contributed by atoms with Gasteiger partial charge in [-0.2, -0.15) is 0 Å². The Morgan fingerprint density at radius 2 is 2.00 bits per heavy atom. The smallest absolute Gasteiger partial charge is 0.303 e. The number of hydrogen-bond acceptors (Lipinski definition) is 2. The van der Waals surface area contributed by atoms with E-state index in [1.165, 1.54) is 38.2 Å². The molecule has 1 saturated carbocycles. The highest BCUT2D eigenvalue weighted by Gasteiger charge is 2.15. The van der Waals surface area contributed by atoms with Gasteiger partial charge in [-0.25, -0.2) is 4.39 Å². The van der Waals surface area contributed by atoms with Gasteiger partial charge in [0.15, 0.2) is 0 Å². The van der Waals surface area contributed by atoms with E-state index in [-0.39, 0.29) is 5.02 Å². The number of benzene rings is 1. The Balaban J connectivity index is 0.000000370. The molecule has 1 fully saturated rings. The number of unbranched alkanes of at least 4 members (excludes halogenated alkanes) is 3. The Bertz CT molecular complexity index is 598. The SMILES string of the molecule is CCCCCCC(=O)O.OC(/C=C/c1cccc(Cl)c1F)CCC1CCCC1. The lowest BCUT2D eigenvalue weighted by molar-refractivity contribution is -0.137. The van der Waals surface area contributed by atoms with Crippen molar-refractivity contribution in [1.29, 1.82) is 0 Å². The van der Waals surface area contributed by atoms with Crippen molar-refractivity contribution < 1.29 is 19.4 Å². The molecule has 5 heteroatoms. The first kappa shape index (κ1) is 24.6. The maximum atomic E-state index is 13.6. The van der Waals surface area contributed by atoms with Gasteiger partial charge in [0.25, 0.3) is 0 Å². The van der Waals surface area contributed by atoms with E-state index in [1.807, 2.05) is 0 Å². The summed E-state index contributed by atoms with van der Waals surface area (Å²) in [5, 5.41) is 18.2. The zero-order chi connectivity index (χ0) is 20.8. The fraction of sp³-hybridized carbons (Fsp3) is 0.609. The van der Waals surface area contributed by atoms with Crippen LogP contribution >= 0.6 is 11.6 Å². The number of rotatable bonds is 10. The topological polar surface area (TPSA) is 57.5 Å². The molecule has 1 unspecified atom stereocenters. The normalized spacial score (nSPS) is 15.4. The summed E-state index contributed by atoms with van der Waals surface area (Å²) < 4.78 is 13.6. The fourth-order valence-electron chi connectivity index (χ4n) is 3.37. The van der Waals surface area contributed by atoms with Crippen LogP contribution in [0.2, 0.25) is 5.02 Å². The molecule has 0 radical (unpaired) electrons. The third-order valence-corrected chi connectivity index (χ3v) is 5.36. The zero-order valence-electron chi connectivity index (χ0n) is 16.9. The molecule has 28 heavy (non-hydrogen) atoms. The van der Waals surface area contributed by atoms with Gasteiger partial charge in [0.2, 0.25) is 0 Å². The summed E-state index contributed by atoms with van der Waals surface area (Å²) in [6.45, 7) is 2.11. The lowest BCUT2D eigenvalue weighted by Gasteiger charge is -2.10. The second-order valence-electron chi connectivity index (χ2n) is 7.50. The zero-order valence-corrected chi connectivity index (χ0v) is 17.6. The summed E-state index contributed by atoms with van der Waals surface area (Å²) in [5.41, 5.74) is 0.424. The Morgan fingerprint density at radius 1 is 1.29 bits per heavy atom. The average Bonchev–Trinajstić information content (AvgIpc) is 3.19. The molecule has 3 nitrogen and oxygen atoms in total. The molecule has 0 aliphatic heterocycles. The van der Waals surface area contributed by atoms with Gasteiger partial charge in [-0.05, 0) is 31.2 Å². The van der Waals surface area contributed by atoms with Crippen molar-refractivity contribution in [3.05, 3.63) is 40.7 Å². The van der Waals surface area contributed by atoms with Crippen LogP contribution in [-0.4, -0.2) is 22.3 Å². The molecule has 0 saturated heterocycles. The molecule has 0 heterocycles. The predicted molar refractivity (Wildman–Crippen MR) is 114 cm³/mol. The predicted octanol–water partition coefficient (Wildman–Crippen LogP) is 6.87. The third-order valence-electron chi connectivity index (χ3n) is 5.07. The van der Waals surface area contributed by atoms with E-state index in [1.54, 1.807) is 24.3 Å². The van der Waals surface area contributed by atoms with E-state index in [0.29, 0.717) is 12.0 Å². The highest BCUT2D eigenvalue weighted by Crippen LogP contribution is 2.29. The molecule has 1 aliphatic rings. The largest absolute Gasteiger partial charge is 0.481 e. The molecular formula is C23H34ClFO3. The Kier molecular flexibility index (Phi) is 12.8. The lowest BCUT2D eigenvalue weighted by atomic mass is 9.99. The molecule has 0 bridgehead atoms. The molecule has 2 N–H and O–H groups in total. The van der Waals surface area contributed by atoms with Gasteiger partial charge in [-0.15, -0.1) is 0 Å². The first-order valence-corrected chi connectivity index (χ1v) is 10.8. The Morgan fingerprint density at radius 3 is 2.64 bits per heavy atom. The second-order valence-corrected chi connectivity index (χ2v) is 7.91. The molecule has 158 valence electrons. The van der Waals surface area contributed by atoms with Crippen molar-refractivity contribution in [3.63, 3.8) is 0 Å². The van der Waals surface area contributed by atoms with Gasteiger partial charge >= 0.3 is 5.97 Å². The minimum Gasteiger partial charge on any atom is -0.481 e. The number of aliphatic hydroxyl groups is 1. The quantitative estimate of drug-likeness (QED) is 0.412. The van der Waals surface area contributed by atoms with Crippen LogP contribution in [0, 0.1) is 11.7 Å². The van der Waals surface area contributed by atoms with Gasteiger partial charge in [-0.3, -0.25) is 4.79 Å². The molecule has 1 aromatic rings. The van der Waals surface area contributed by atoms with Gasteiger partial charge < -0.3 is 10.2 Å². The standard InChI is InChI=1S/C16H20ClFO.C7H14O2/c17-15-7-3-6-13(16(15)18)9-11-14(19)10-8-12-4-1-2-5-12;1-2-3-4-5-6-7(8)9/h3,6-7,9,11-12,14,19H,1-2,4-5,8,10H2;2-6H2,1H3,(H,8,9)/b11-9+;. The number of carbonyl (C=O) groups is 1. The minimum atomic E-state index is -0.675. The highest BCUT2D eigenvalue weighted by molar-refractivity contribution is 6.30. The number of carboxylic acids is 1. The number of aliphatic hydroxyl groups excluding tert-OH is 1. The molecule has 0 aromatic heterocycles. The van der Waals surface area contributed by atoms with Crippen LogP contribution in [0.25, 0.3) is 6.08 Å². The lowest BCUT2D eigenvalue weighted by Crippen LogP contribution is -2.05. The van der Waals surface area contributed by atoms with E-state index >= 15 is 0 Å². The van der Waals surface area contributed by atoms with Crippen molar-refractivity contribution in [1.82, 2.24) is 0 Å². The van der Waals surface area contributed by atoms with Gasteiger partial charge in [0.05, 0.1) is 11.1 Å². The van der Waals surface area contributed by atoms with E-state index in [2.05, 4.69) is 6.92 Å². The minimum absolute atomic E-state index is 0.114. The number of aliphatic carboxylic acids is 1. The van der Waals surface area contributed by atoms with E-state index < -0.39 is 17.9 Å². The van der Waals surface area contributed by atoms with Crippen LogP contribution in [-0.2, 0) is 4.79 Å². The first-order chi connectivity index (χ1) is 13.4. The summed E-state index contributed by atoms with van der Waals surface area (Å²) in [7, 11) is 0. The number of carboxylic acid groups (broad SMARTS) is 1. The van der Waals surface area contributed by atoms with Crippen LogP contribution in [0.1, 0.15) is 83.1 Å². The van der Waals surface area contributed by atoms with Crippen LogP contribution in [0.5, 0.6) is 0 Å². The maximum Gasteiger partial charge on any atom is 0.303 e. The van der Waals surface area contributed by atoms with E-state index in [4.69, 9.17) is 16.7 Å². The van der Waals surface area contributed by atoms with Crippen LogP contribution in [0.3, 0.4) is 0 Å². The van der Waals surface area contributed by atoms with E-state index in [9.17, 15) is 14.3 Å². The van der Waals surface area contributed by atoms with E-state index in [0.717, 1.165) is 38.0 Å². The number of halogens is 2. The summed E-state index contributed by atoms with van der Waals surface area (Å²) >= 11 is 5.71. The van der Waals surface area contributed by atoms with Crippen molar-refractivity contribution in [2.45, 2.75) is 83.7 Å². The first-order valence-electron chi connectivity index (χ1n) is 10.5. The summed E-state index contributed by atoms with van der Waals surface area (Å²) in [5.74, 6) is -0.333.